The molecule has 0 bridgehead atoms. The van der Waals surface area contributed by atoms with Gasteiger partial charge in [0.1, 0.15) is 11.6 Å². The first-order chi connectivity index (χ1) is 15.4. The van der Waals surface area contributed by atoms with Crippen LogP contribution >= 0.6 is 12.6 Å². The maximum Gasteiger partial charge on any atom is 0.407 e. The van der Waals surface area contributed by atoms with E-state index in [1.807, 2.05) is 23.7 Å². The van der Waals surface area contributed by atoms with Crippen molar-refractivity contribution in [3.05, 3.63) is 35.9 Å². The maximum absolute atomic E-state index is 12.1. The Morgan fingerprint density at radius 2 is 2.12 bits per heavy atom. The zero-order chi connectivity index (χ0) is 21.9. The summed E-state index contributed by atoms with van der Waals surface area (Å²) in [6.45, 7) is 2.05. The lowest BCUT2D eigenvalue weighted by molar-refractivity contribution is 0.0967. The lowest BCUT2D eigenvalue weighted by Gasteiger charge is -2.16. The van der Waals surface area contributed by atoms with Crippen molar-refractivity contribution in [2.75, 3.05) is 5.32 Å². The first kappa shape index (κ1) is 19.9. The van der Waals surface area contributed by atoms with Gasteiger partial charge in [0.05, 0.1) is 10.4 Å². The Kier molecular flexibility index (Phi) is 4.43. The van der Waals surface area contributed by atoms with Gasteiger partial charge < -0.3 is 15.4 Å². The SMILES string of the molecule is CC1(NC(=O)O[C@@H]2CC[C@H](c3cc(Nc4nccn5nc(C6(S)CC6)cc45)n[nH]3)C2)CC1. The molecule has 3 aromatic rings. The predicted octanol–water partition coefficient (Wildman–Crippen LogP) is 4.03. The van der Waals surface area contributed by atoms with E-state index in [2.05, 4.69) is 37.0 Å². The quantitative estimate of drug-likeness (QED) is 0.420. The number of anilines is 2. The summed E-state index contributed by atoms with van der Waals surface area (Å²) in [5, 5.41) is 18.5. The molecule has 3 N–H and O–H groups in total. The molecule has 3 saturated carbocycles. The summed E-state index contributed by atoms with van der Waals surface area (Å²) >= 11 is 4.73. The van der Waals surface area contributed by atoms with Crippen molar-refractivity contribution in [1.29, 1.82) is 0 Å². The van der Waals surface area contributed by atoms with Crippen LogP contribution in [0.4, 0.5) is 16.4 Å². The Labute approximate surface area is 191 Å². The number of alkyl carbamates (subject to hydrolysis) is 1. The van der Waals surface area contributed by atoms with E-state index >= 15 is 0 Å². The van der Waals surface area contributed by atoms with E-state index in [1.54, 1.807) is 6.20 Å². The molecule has 0 saturated heterocycles. The van der Waals surface area contributed by atoms with E-state index in [1.165, 1.54) is 0 Å². The number of amides is 1. The van der Waals surface area contributed by atoms with Crippen LogP contribution in [0.1, 0.15) is 69.2 Å². The van der Waals surface area contributed by atoms with Gasteiger partial charge in [-0.3, -0.25) is 5.10 Å². The number of fused-ring (bicyclic) bond motifs is 1. The molecule has 0 unspecified atom stereocenters. The summed E-state index contributed by atoms with van der Waals surface area (Å²) in [7, 11) is 0. The number of nitrogens with zero attached hydrogens (tertiary/aromatic N) is 4. The molecule has 0 radical (unpaired) electrons. The van der Waals surface area contributed by atoms with Crippen LogP contribution in [0, 0.1) is 0 Å². The number of hydrogen-bond acceptors (Lipinski definition) is 7. The van der Waals surface area contributed by atoms with E-state index in [4.69, 9.17) is 17.4 Å². The van der Waals surface area contributed by atoms with E-state index < -0.39 is 0 Å². The summed E-state index contributed by atoms with van der Waals surface area (Å²) in [6.07, 6.45) is 9.99. The number of H-pyrrole nitrogens is 1. The number of hydrogen-bond donors (Lipinski definition) is 4. The molecule has 32 heavy (non-hydrogen) atoms. The van der Waals surface area contributed by atoms with Crippen LogP contribution in [-0.2, 0) is 9.48 Å². The maximum atomic E-state index is 12.1. The predicted molar refractivity (Wildman–Crippen MR) is 122 cm³/mol. The van der Waals surface area contributed by atoms with Gasteiger partial charge in [-0.1, -0.05) is 0 Å². The van der Waals surface area contributed by atoms with Crippen LogP contribution in [0.2, 0.25) is 0 Å². The number of aromatic nitrogens is 5. The molecule has 2 atom stereocenters. The van der Waals surface area contributed by atoms with Crippen LogP contribution in [-0.4, -0.2) is 42.5 Å². The summed E-state index contributed by atoms with van der Waals surface area (Å²) in [6, 6.07) is 4.07. The smallest absolute Gasteiger partial charge is 0.407 e. The van der Waals surface area contributed by atoms with Crippen LogP contribution in [0.15, 0.2) is 24.5 Å². The highest BCUT2D eigenvalue weighted by atomic mass is 32.1. The summed E-state index contributed by atoms with van der Waals surface area (Å²) in [5.74, 6) is 1.70. The van der Waals surface area contributed by atoms with Gasteiger partial charge in [-0.15, -0.1) is 0 Å². The number of nitrogens with one attached hydrogen (secondary N) is 3. The second kappa shape index (κ2) is 7.13. The molecule has 3 heterocycles. The van der Waals surface area contributed by atoms with Crippen molar-refractivity contribution in [3.63, 3.8) is 0 Å². The minimum atomic E-state index is -0.295. The largest absolute Gasteiger partial charge is 0.446 e. The molecule has 0 aromatic carbocycles. The molecular formula is C22H27N7O2S. The van der Waals surface area contributed by atoms with Gasteiger partial charge in [0.2, 0.25) is 0 Å². The number of carbonyl (C=O) groups excluding carboxylic acids is 1. The van der Waals surface area contributed by atoms with Crippen molar-refractivity contribution in [2.24, 2.45) is 0 Å². The molecule has 1 amide bonds. The molecule has 6 rings (SSSR count). The summed E-state index contributed by atoms with van der Waals surface area (Å²) < 4.78 is 7.37. The van der Waals surface area contributed by atoms with E-state index in [-0.39, 0.29) is 28.4 Å². The van der Waals surface area contributed by atoms with Gasteiger partial charge >= 0.3 is 6.09 Å². The second-order valence-electron chi connectivity index (χ2n) is 9.72. The monoisotopic (exact) mass is 453 g/mol. The molecule has 10 heteroatoms. The average molecular weight is 454 g/mol. The van der Waals surface area contributed by atoms with Crippen molar-refractivity contribution in [1.82, 2.24) is 30.1 Å². The first-order valence-corrected chi connectivity index (χ1v) is 11.7. The molecule has 3 aliphatic carbocycles. The number of carbonyl (C=O) groups is 1. The molecule has 0 aliphatic heterocycles. The van der Waals surface area contributed by atoms with Gasteiger partial charge in [-0.2, -0.15) is 22.8 Å². The molecule has 3 aromatic heterocycles. The Bertz CT molecular complexity index is 1180. The molecule has 3 aliphatic rings. The summed E-state index contributed by atoms with van der Waals surface area (Å²) in [4.78, 5) is 16.6. The minimum Gasteiger partial charge on any atom is -0.446 e. The van der Waals surface area contributed by atoms with E-state index in [0.29, 0.717) is 11.6 Å². The molecular weight excluding hydrogens is 426 g/mol. The van der Waals surface area contributed by atoms with Gasteiger partial charge in [0.25, 0.3) is 0 Å². The number of ether oxygens (including phenoxy) is 1. The second-order valence-corrected chi connectivity index (χ2v) is 10.6. The zero-order valence-corrected chi connectivity index (χ0v) is 18.9. The standard InChI is InChI=1S/C22H27N7O2S/c1-21(4-5-21)25-20(30)31-14-3-2-13(10-14)15-11-18(27-26-15)24-19-16-12-17(22(32)6-7-22)28-29(16)9-8-23-19/h8-9,11-14,32H,2-7,10H2,1H3,(H,25,30)(H2,23,24,26,27)/t13-,14+/m0/s1. The third-order valence-electron chi connectivity index (χ3n) is 6.94. The Morgan fingerprint density at radius 1 is 1.28 bits per heavy atom. The highest BCUT2D eigenvalue weighted by Gasteiger charge is 2.43. The highest BCUT2D eigenvalue weighted by molar-refractivity contribution is 7.81. The minimum absolute atomic E-state index is 0.0568. The van der Waals surface area contributed by atoms with Gasteiger partial charge in [0.15, 0.2) is 11.6 Å². The lowest BCUT2D eigenvalue weighted by atomic mass is 10.0. The topological polar surface area (TPSA) is 109 Å². The molecule has 168 valence electrons. The van der Waals surface area contributed by atoms with Crippen molar-refractivity contribution < 1.29 is 9.53 Å². The van der Waals surface area contributed by atoms with Gasteiger partial charge in [-0.25, -0.2) is 14.3 Å². The number of aromatic amines is 1. The van der Waals surface area contributed by atoms with Crippen molar-refractivity contribution >= 4 is 35.9 Å². The van der Waals surface area contributed by atoms with Crippen LogP contribution in [0.5, 0.6) is 0 Å². The third kappa shape index (κ3) is 3.80. The zero-order valence-electron chi connectivity index (χ0n) is 18.0. The van der Waals surface area contributed by atoms with Gasteiger partial charge in [0, 0.05) is 35.6 Å². The van der Waals surface area contributed by atoms with Crippen LogP contribution in [0.25, 0.3) is 5.52 Å². The molecule has 0 spiro atoms. The molecule has 3 fully saturated rings. The van der Waals surface area contributed by atoms with E-state index in [0.717, 1.165) is 61.9 Å². The summed E-state index contributed by atoms with van der Waals surface area (Å²) in [5.41, 5.74) is 2.87. The van der Waals surface area contributed by atoms with Gasteiger partial charge in [-0.05, 0) is 57.9 Å². The Hall–Kier alpha value is -2.75. The fourth-order valence-corrected chi connectivity index (χ4v) is 4.64. The van der Waals surface area contributed by atoms with Crippen LogP contribution < -0.4 is 10.6 Å². The van der Waals surface area contributed by atoms with Crippen molar-refractivity contribution in [3.8, 4) is 0 Å². The highest BCUT2D eigenvalue weighted by Crippen LogP contribution is 2.51. The van der Waals surface area contributed by atoms with Crippen LogP contribution in [0.3, 0.4) is 0 Å². The fourth-order valence-electron chi connectivity index (χ4n) is 4.42. The normalized spacial score (nSPS) is 24.9. The van der Waals surface area contributed by atoms with E-state index in [9.17, 15) is 4.79 Å². The average Bonchev–Trinajstić information content (AvgIpc) is 3.41. The first-order valence-electron chi connectivity index (χ1n) is 11.3. The molecule has 9 nitrogen and oxygen atoms in total. The Balaban J connectivity index is 1.11. The third-order valence-corrected chi connectivity index (χ3v) is 7.61. The number of thiol groups is 1. The number of rotatable bonds is 6. The fraction of sp³-hybridized carbons (Fsp3) is 0.545. The van der Waals surface area contributed by atoms with Crippen molar-refractivity contribution in [2.45, 2.75) is 74.2 Å². The Morgan fingerprint density at radius 3 is 2.91 bits per heavy atom. The lowest BCUT2D eigenvalue weighted by Crippen LogP contribution is -2.36.